The summed E-state index contributed by atoms with van der Waals surface area (Å²) >= 11 is 0. The summed E-state index contributed by atoms with van der Waals surface area (Å²) in [5.41, 5.74) is 4.50. The lowest BCUT2D eigenvalue weighted by Gasteiger charge is -2.07. The average molecular weight is 308 g/mol. The van der Waals surface area contributed by atoms with Crippen molar-refractivity contribution in [2.24, 2.45) is 0 Å². The maximum atomic E-state index is 11.8. The van der Waals surface area contributed by atoms with Crippen LogP contribution in [-0.2, 0) is 17.8 Å². The van der Waals surface area contributed by atoms with Gasteiger partial charge in [-0.05, 0) is 30.5 Å². The Morgan fingerprint density at radius 1 is 1.09 bits per heavy atom. The van der Waals surface area contributed by atoms with Crippen LogP contribution in [0.2, 0.25) is 0 Å². The minimum atomic E-state index is -0.383. The van der Waals surface area contributed by atoms with E-state index in [1.165, 1.54) is 10.9 Å². The van der Waals surface area contributed by atoms with Gasteiger partial charge in [0.25, 0.3) is 0 Å². The Labute approximate surface area is 135 Å². The van der Waals surface area contributed by atoms with Gasteiger partial charge in [0.2, 0.25) is 0 Å². The zero-order valence-electron chi connectivity index (χ0n) is 13.1. The molecule has 0 spiro atoms. The van der Waals surface area contributed by atoms with Crippen molar-refractivity contribution in [1.82, 2.24) is 10.3 Å². The molecule has 1 aromatic heterocycles. The van der Waals surface area contributed by atoms with E-state index in [0.717, 1.165) is 23.2 Å². The van der Waals surface area contributed by atoms with Gasteiger partial charge in [0.15, 0.2) is 0 Å². The van der Waals surface area contributed by atoms with Gasteiger partial charge in [-0.15, -0.1) is 0 Å². The zero-order chi connectivity index (χ0) is 16.1. The second-order valence-electron chi connectivity index (χ2n) is 5.51. The van der Waals surface area contributed by atoms with E-state index >= 15 is 0 Å². The zero-order valence-corrected chi connectivity index (χ0v) is 13.1. The van der Waals surface area contributed by atoms with Crippen LogP contribution >= 0.6 is 0 Å². The van der Waals surface area contributed by atoms with Gasteiger partial charge in [-0.3, -0.25) is 0 Å². The van der Waals surface area contributed by atoms with Crippen LogP contribution in [0.3, 0.4) is 0 Å². The average Bonchev–Trinajstić information content (AvgIpc) is 2.90. The summed E-state index contributed by atoms with van der Waals surface area (Å²) in [5, 5.41) is 4.02. The molecule has 2 N–H and O–H groups in total. The molecule has 0 aliphatic carbocycles. The van der Waals surface area contributed by atoms with Crippen LogP contribution in [0.15, 0.2) is 54.6 Å². The van der Waals surface area contributed by atoms with Gasteiger partial charge in [-0.1, -0.05) is 48.5 Å². The van der Waals surface area contributed by atoms with Gasteiger partial charge in [0.1, 0.15) is 6.61 Å². The minimum absolute atomic E-state index is 0.290. The molecule has 3 aromatic rings. The summed E-state index contributed by atoms with van der Waals surface area (Å²) in [6.45, 7) is 2.90. The van der Waals surface area contributed by atoms with E-state index in [9.17, 15) is 4.79 Å². The first-order valence-electron chi connectivity index (χ1n) is 7.75. The highest BCUT2D eigenvalue weighted by molar-refractivity contribution is 5.84. The van der Waals surface area contributed by atoms with Crippen molar-refractivity contribution in [2.75, 3.05) is 6.54 Å². The second kappa shape index (κ2) is 7.01. The van der Waals surface area contributed by atoms with Crippen LogP contribution < -0.4 is 5.32 Å². The highest BCUT2D eigenvalue weighted by atomic mass is 16.5. The molecule has 0 radical (unpaired) electrons. The molecule has 4 heteroatoms. The molecule has 0 unspecified atom stereocenters. The largest absolute Gasteiger partial charge is 0.445 e. The first-order valence-corrected chi connectivity index (χ1v) is 7.75. The van der Waals surface area contributed by atoms with Crippen LogP contribution in [0.25, 0.3) is 10.9 Å². The van der Waals surface area contributed by atoms with Crippen LogP contribution in [-0.4, -0.2) is 17.6 Å². The van der Waals surface area contributed by atoms with Crippen molar-refractivity contribution >= 4 is 17.0 Å². The highest BCUT2D eigenvalue weighted by Gasteiger charge is 2.08. The lowest BCUT2D eigenvalue weighted by Crippen LogP contribution is -2.26. The molecule has 3 rings (SSSR count). The Morgan fingerprint density at radius 2 is 1.83 bits per heavy atom. The summed E-state index contributed by atoms with van der Waals surface area (Å²) in [6, 6.07) is 17.9. The molecule has 0 atom stereocenters. The Bertz CT molecular complexity index is 793. The number of aryl methyl sites for hydroxylation is 1. The monoisotopic (exact) mass is 308 g/mol. The third-order valence-electron chi connectivity index (χ3n) is 3.88. The summed E-state index contributed by atoms with van der Waals surface area (Å²) in [4.78, 5) is 15.1. The lowest BCUT2D eigenvalue weighted by atomic mass is 10.1. The molecule has 0 bridgehead atoms. The van der Waals surface area contributed by atoms with Crippen LogP contribution in [0.4, 0.5) is 4.79 Å². The molecular weight excluding hydrogens is 288 g/mol. The van der Waals surface area contributed by atoms with Crippen molar-refractivity contribution in [2.45, 2.75) is 20.0 Å². The molecule has 0 aliphatic rings. The number of rotatable bonds is 5. The van der Waals surface area contributed by atoms with E-state index in [4.69, 9.17) is 4.74 Å². The quantitative estimate of drug-likeness (QED) is 0.750. The number of H-pyrrole nitrogens is 1. The van der Waals surface area contributed by atoms with E-state index < -0.39 is 0 Å². The Hall–Kier alpha value is -2.75. The number of fused-ring (bicyclic) bond motifs is 1. The standard InChI is InChI=1S/C19H20N2O2/c1-14-16(17-9-5-6-10-18(17)21-14)11-12-20-19(22)23-13-15-7-3-2-4-8-15/h2-10,21H,11-13H2,1H3,(H,20,22). The molecule has 4 nitrogen and oxygen atoms in total. The van der Waals surface area contributed by atoms with Crippen LogP contribution in [0, 0.1) is 6.92 Å². The number of benzene rings is 2. The number of hydrogen-bond acceptors (Lipinski definition) is 2. The van der Waals surface area contributed by atoms with E-state index in [-0.39, 0.29) is 6.09 Å². The second-order valence-corrected chi connectivity index (χ2v) is 5.51. The van der Waals surface area contributed by atoms with E-state index in [0.29, 0.717) is 13.2 Å². The fourth-order valence-electron chi connectivity index (χ4n) is 2.72. The third-order valence-corrected chi connectivity index (χ3v) is 3.88. The molecule has 0 saturated heterocycles. The Balaban J connectivity index is 1.50. The summed E-state index contributed by atoms with van der Waals surface area (Å²) in [7, 11) is 0. The molecule has 1 heterocycles. The number of hydrogen-bond donors (Lipinski definition) is 2. The lowest BCUT2D eigenvalue weighted by molar-refractivity contribution is 0.140. The maximum absolute atomic E-state index is 11.8. The fourth-order valence-corrected chi connectivity index (χ4v) is 2.72. The molecule has 23 heavy (non-hydrogen) atoms. The predicted octanol–water partition coefficient (Wildman–Crippen LogP) is 3.95. The van der Waals surface area contributed by atoms with Crippen molar-refractivity contribution < 1.29 is 9.53 Å². The molecule has 118 valence electrons. The first-order chi connectivity index (χ1) is 11.2. The molecule has 2 aromatic carbocycles. The number of alkyl carbamates (subject to hydrolysis) is 1. The molecule has 0 fully saturated rings. The van der Waals surface area contributed by atoms with Crippen molar-refractivity contribution in [1.29, 1.82) is 0 Å². The van der Waals surface area contributed by atoms with E-state index in [1.807, 2.05) is 42.5 Å². The Morgan fingerprint density at radius 3 is 2.65 bits per heavy atom. The summed E-state index contributed by atoms with van der Waals surface area (Å²) in [6.07, 6.45) is 0.391. The van der Waals surface area contributed by atoms with Gasteiger partial charge in [0, 0.05) is 23.1 Å². The van der Waals surface area contributed by atoms with Crippen molar-refractivity contribution in [3.63, 3.8) is 0 Å². The van der Waals surface area contributed by atoms with Crippen LogP contribution in [0.5, 0.6) is 0 Å². The SMILES string of the molecule is Cc1[nH]c2ccccc2c1CCNC(=O)OCc1ccccc1. The van der Waals surface area contributed by atoms with Gasteiger partial charge in [-0.25, -0.2) is 4.79 Å². The predicted molar refractivity (Wildman–Crippen MR) is 91.4 cm³/mol. The number of para-hydroxylation sites is 1. The number of aromatic nitrogens is 1. The first kappa shape index (κ1) is 15.2. The van der Waals surface area contributed by atoms with Gasteiger partial charge in [-0.2, -0.15) is 0 Å². The van der Waals surface area contributed by atoms with E-state index in [2.05, 4.69) is 29.4 Å². The minimum Gasteiger partial charge on any atom is -0.445 e. The number of aromatic amines is 1. The normalized spacial score (nSPS) is 10.7. The topological polar surface area (TPSA) is 54.1 Å². The number of amides is 1. The Kier molecular flexibility index (Phi) is 4.62. The fraction of sp³-hybridized carbons (Fsp3) is 0.211. The summed E-state index contributed by atoms with van der Waals surface area (Å²) < 4.78 is 5.21. The number of ether oxygens (including phenoxy) is 1. The third kappa shape index (κ3) is 3.72. The number of carbonyl (C=O) groups is 1. The van der Waals surface area contributed by atoms with E-state index in [1.54, 1.807) is 0 Å². The highest BCUT2D eigenvalue weighted by Crippen LogP contribution is 2.21. The van der Waals surface area contributed by atoms with Crippen molar-refractivity contribution in [3.05, 3.63) is 71.4 Å². The molecule has 1 amide bonds. The summed E-state index contributed by atoms with van der Waals surface area (Å²) in [5.74, 6) is 0. The van der Waals surface area contributed by atoms with Gasteiger partial charge in [0.05, 0.1) is 0 Å². The molecule has 0 aliphatic heterocycles. The smallest absolute Gasteiger partial charge is 0.407 e. The van der Waals surface area contributed by atoms with Crippen molar-refractivity contribution in [3.8, 4) is 0 Å². The maximum Gasteiger partial charge on any atom is 0.407 e. The van der Waals surface area contributed by atoms with Gasteiger partial charge < -0.3 is 15.0 Å². The van der Waals surface area contributed by atoms with Gasteiger partial charge >= 0.3 is 6.09 Å². The number of nitrogens with one attached hydrogen (secondary N) is 2. The molecule has 0 saturated carbocycles. The number of carbonyl (C=O) groups excluding carboxylic acids is 1. The molecular formula is C19H20N2O2. The van der Waals surface area contributed by atoms with Crippen LogP contribution in [0.1, 0.15) is 16.8 Å².